The fourth-order valence-electron chi connectivity index (χ4n) is 2.57. The summed E-state index contributed by atoms with van der Waals surface area (Å²) in [6, 6.07) is 11.0. The van der Waals surface area contributed by atoms with Gasteiger partial charge >= 0.3 is 6.36 Å². The fraction of sp³-hybridized carbons (Fsp3) is 0.200. The first-order chi connectivity index (χ1) is 14.6. The Morgan fingerprint density at radius 2 is 1.90 bits per heavy atom. The largest absolute Gasteiger partial charge is 0.573 e. The molecule has 6 nitrogen and oxygen atoms in total. The summed E-state index contributed by atoms with van der Waals surface area (Å²) in [5, 5.41) is 15.0. The van der Waals surface area contributed by atoms with Crippen molar-refractivity contribution >= 4 is 40.0 Å². The molecule has 31 heavy (non-hydrogen) atoms. The van der Waals surface area contributed by atoms with Gasteiger partial charge in [0.2, 0.25) is 5.95 Å². The van der Waals surface area contributed by atoms with Crippen LogP contribution in [0.4, 0.5) is 35.0 Å². The van der Waals surface area contributed by atoms with Crippen LogP contribution < -0.4 is 15.4 Å². The van der Waals surface area contributed by atoms with Gasteiger partial charge in [0.1, 0.15) is 17.4 Å². The van der Waals surface area contributed by atoms with Crippen LogP contribution in [0.3, 0.4) is 0 Å². The lowest BCUT2D eigenvalue weighted by atomic mass is 10.1. The van der Waals surface area contributed by atoms with E-state index in [4.69, 9.17) is 0 Å². The molecule has 0 bridgehead atoms. The standard InChI is InChI=1S/C20H17F4IN4O2/c1-11(10-30)26-19-28-17(12-3-2-4-14(7-12)31-20(22,23)24)9-18(29-19)27-16-6-5-13(25)8-15(16)21/h2-9,11,30H,10H2,1H3,(H2,26,27,28,29)/t11-/m1/s1. The maximum atomic E-state index is 14.3. The highest BCUT2D eigenvalue weighted by atomic mass is 127. The average Bonchev–Trinajstić information content (AvgIpc) is 2.69. The number of hydrogen-bond donors (Lipinski definition) is 3. The Kier molecular flexibility index (Phi) is 7.15. The summed E-state index contributed by atoms with van der Waals surface area (Å²) in [6.07, 6.45) is -4.83. The molecule has 1 atom stereocenters. The molecular weight excluding hydrogens is 531 g/mol. The predicted octanol–water partition coefficient (Wildman–Crippen LogP) is 5.32. The topological polar surface area (TPSA) is 79.3 Å². The lowest BCUT2D eigenvalue weighted by molar-refractivity contribution is -0.274. The zero-order valence-corrected chi connectivity index (χ0v) is 18.2. The molecule has 0 unspecified atom stereocenters. The van der Waals surface area contributed by atoms with Gasteiger partial charge in [-0.1, -0.05) is 12.1 Å². The van der Waals surface area contributed by atoms with E-state index < -0.39 is 24.0 Å². The molecule has 1 heterocycles. The minimum Gasteiger partial charge on any atom is -0.406 e. The van der Waals surface area contributed by atoms with Crippen molar-refractivity contribution in [2.45, 2.75) is 19.3 Å². The molecule has 0 spiro atoms. The molecule has 0 amide bonds. The number of aromatic nitrogens is 2. The molecule has 164 valence electrons. The fourth-order valence-corrected chi connectivity index (χ4v) is 3.02. The van der Waals surface area contributed by atoms with Gasteiger partial charge in [-0.25, -0.2) is 9.37 Å². The zero-order valence-electron chi connectivity index (χ0n) is 16.0. The maximum absolute atomic E-state index is 14.3. The third kappa shape index (κ3) is 6.66. The minimum absolute atomic E-state index is 0.106. The lowest BCUT2D eigenvalue weighted by Crippen LogP contribution is -2.21. The average molecular weight is 548 g/mol. The first kappa shape index (κ1) is 23.0. The Labute approximate surface area is 188 Å². The van der Waals surface area contributed by atoms with Crippen molar-refractivity contribution in [3.05, 3.63) is 57.9 Å². The SMILES string of the molecule is C[C@H](CO)Nc1nc(Nc2ccc(I)cc2F)cc(-c2cccc(OC(F)(F)F)c2)n1. The summed E-state index contributed by atoms with van der Waals surface area (Å²) in [7, 11) is 0. The Morgan fingerprint density at radius 3 is 2.58 bits per heavy atom. The molecule has 0 aliphatic heterocycles. The number of halogens is 5. The van der Waals surface area contributed by atoms with Gasteiger partial charge in [-0.15, -0.1) is 13.2 Å². The molecule has 1 aromatic heterocycles. The van der Waals surface area contributed by atoms with Crippen LogP contribution >= 0.6 is 22.6 Å². The molecule has 0 radical (unpaired) electrons. The van der Waals surface area contributed by atoms with Crippen LogP contribution in [0.25, 0.3) is 11.3 Å². The molecule has 2 aromatic carbocycles. The minimum atomic E-state index is -4.83. The van der Waals surface area contributed by atoms with Gasteiger partial charge in [-0.05, 0) is 59.8 Å². The van der Waals surface area contributed by atoms with Gasteiger partial charge in [0, 0.05) is 21.2 Å². The van der Waals surface area contributed by atoms with Crippen molar-refractivity contribution in [2.24, 2.45) is 0 Å². The van der Waals surface area contributed by atoms with Gasteiger partial charge in [-0.3, -0.25) is 0 Å². The van der Waals surface area contributed by atoms with Crippen molar-refractivity contribution in [1.29, 1.82) is 0 Å². The number of hydrogen-bond acceptors (Lipinski definition) is 6. The maximum Gasteiger partial charge on any atom is 0.573 e. The van der Waals surface area contributed by atoms with Gasteiger partial charge in [-0.2, -0.15) is 4.98 Å². The second-order valence-electron chi connectivity index (χ2n) is 6.51. The van der Waals surface area contributed by atoms with Gasteiger partial charge < -0.3 is 20.5 Å². The zero-order chi connectivity index (χ0) is 22.6. The molecule has 3 N–H and O–H groups in total. The number of nitrogens with zero attached hydrogens (tertiary/aromatic N) is 2. The number of benzene rings is 2. The second kappa shape index (κ2) is 9.64. The van der Waals surface area contributed by atoms with Crippen LogP contribution in [-0.4, -0.2) is 34.1 Å². The van der Waals surface area contributed by atoms with Gasteiger partial charge in [0.15, 0.2) is 0 Å². The Bertz CT molecular complexity index is 1070. The smallest absolute Gasteiger partial charge is 0.406 e. The normalized spacial score (nSPS) is 12.4. The van der Waals surface area contributed by atoms with E-state index in [1.54, 1.807) is 25.1 Å². The summed E-state index contributed by atoms with van der Waals surface area (Å²) in [5.74, 6) is -0.583. The first-order valence-corrected chi connectivity index (χ1v) is 10.1. The van der Waals surface area contributed by atoms with Crippen molar-refractivity contribution < 1.29 is 27.4 Å². The molecule has 11 heteroatoms. The van der Waals surface area contributed by atoms with Crippen LogP contribution in [0.5, 0.6) is 5.75 Å². The van der Waals surface area contributed by atoms with Gasteiger partial charge in [0.05, 0.1) is 18.0 Å². The van der Waals surface area contributed by atoms with E-state index in [0.29, 0.717) is 9.13 Å². The quantitative estimate of drug-likeness (QED) is 0.274. The number of aliphatic hydroxyl groups excluding tert-OH is 1. The third-order valence-electron chi connectivity index (χ3n) is 3.93. The van der Waals surface area contributed by atoms with E-state index >= 15 is 0 Å². The molecule has 3 aromatic rings. The summed E-state index contributed by atoms with van der Waals surface area (Å²) >= 11 is 1.98. The van der Waals surface area contributed by atoms with Crippen molar-refractivity contribution in [3.8, 4) is 17.0 Å². The summed E-state index contributed by atoms with van der Waals surface area (Å²) in [5.41, 5.74) is 0.763. The van der Waals surface area contributed by atoms with Crippen LogP contribution in [0.2, 0.25) is 0 Å². The van der Waals surface area contributed by atoms with E-state index in [1.165, 1.54) is 30.3 Å². The molecular formula is C20H17F4IN4O2. The Balaban J connectivity index is 2.00. The van der Waals surface area contributed by atoms with E-state index in [9.17, 15) is 22.7 Å². The molecule has 3 rings (SSSR count). The lowest BCUT2D eigenvalue weighted by Gasteiger charge is -2.15. The number of rotatable bonds is 7. The summed E-state index contributed by atoms with van der Waals surface area (Å²) < 4.78 is 56.6. The number of anilines is 3. The molecule has 0 saturated carbocycles. The highest BCUT2D eigenvalue weighted by molar-refractivity contribution is 14.1. The molecule has 0 aliphatic rings. The van der Waals surface area contributed by atoms with Crippen LogP contribution in [0, 0.1) is 9.39 Å². The van der Waals surface area contributed by atoms with E-state index in [1.807, 2.05) is 22.6 Å². The highest BCUT2D eigenvalue weighted by Gasteiger charge is 2.31. The number of aliphatic hydroxyl groups is 1. The summed E-state index contributed by atoms with van der Waals surface area (Å²) in [4.78, 5) is 8.57. The predicted molar refractivity (Wildman–Crippen MR) is 117 cm³/mol. The number of alkyl halides is 3. The van der Waals surface area contributed by atoms with Crippen molar-refractivity contribution in [1.82, 2.24) is 9.97 Å². The first-order valence-electron chi connectivity index (χ1n) is 8.97. The molecule has 0 saturated heterocycles. The van der Waals surface area contributed by atoms with E-state index in [0.717, 1.165) is 0 Å². The number of ether oxygens (including phenoxy) is 1. The second-order valence-corrected chi connectivity index (χ2v) is 7.76. The van der Waals surface area contributed by atoms with Crippen molar-refractivity contribution in [3.63, 3.8) is 0 Å². The van der Waals surface area contributed by atoms with Gasteiger partial charge in [0.25, 0.3) is 0 Å². The molecule has 0 aliphatic carbocycles. The van der Waals surface area contributed by atoms with Crippen molar-refractivity contribution in [2.75, 3.05) is 17.2 Å². The molecule has 0 fully saturated rings. The van der Waals surface area contributed by atoms with Crippen LogP contribution in [-0.2, 0) is 0 Å². The summed E-state index contributed by atoms with van der Waals surface area (Å²) in [6.45, 7) is 1.50. The van der Waals surface area contributed by atoms with Crippen LogP contribution in [0.15, 0.2) is 48.5 Å². The Hall–Kier alpha value is -2.67. The van der Waals surface area contributed by atoms with Crippen LogP contribution in [0.1, 0.15) is 6.92 Å². The van der Waals surface area contributed by atoms with E-state index in [-0.39, 0.29) is 29.8 Å². The highest BCUT2D eigenvalue weighted by Crippen LogP contribution is 2.30. The van der Waals surface area contributed by atoms with E-state index in [2.05, 4.69) is 25.3 Å². The Morgan fingerprint density at radius 1 is 1.13 bits per heavy atom. The monoisotopic (exact) mass is 548 g/mol. The third-order valence-corrected chi connectivity index (χ3v) is 4.60. The number of nitrogens with one attached hydrogen (secondary N) is 2.